The molecule has 1 aliphatic heterocycles. The fourth-order valence-corrected chi connectivity index (χ4v) is 2.06. The van der Waals surface area contributed by atoms with E-state index in [1.165, 1.54) is 25.1 Å². The van der Waals surface area contributed by atoms with Crippen LogP contribution >= 0.6 is 0 Å². The van der Waals surface area contributed by atoms with Crippen LogP contribution in [0.4, 0.5) is 0 Å². The summed E-state index contributed by atoms with van der Waals surface area (Å²) in [6.07, 6.45) is 1.29. The SMILES string of the molecule is BN1CC(CC)C(C(=C)C)C1. The van der Waals surface area contributed by atoms with Crippen LogP contribution in [0.1, 0.15) is 20.3 Å². The maximum atomic E-state index is 4.04. The summed E-state index contributed by atoms with van der Waals surface area (Å²) in [6, 6.07) is 0. The van der Waals surface area contributed by atoms with Gasteiger partial charge < -0.3 is 4.81 Å². The molecule has 1 nitrogen and oxygen atoms in total. The molecule has 0 aromatic carbocycles. The molecule has 1 heterocycles. The maximum absolute atomic E-state index is 4.04. The molecule has 2 atom stereocenters. The lowest BCUT2D eigenvalue weighted by Gasteiger charge is -2.15. The van der Waals surface area contributed by atoms with Crippen molar-refractivity contribution in [3.8, 4) is 0 Å². The van der Waals surface area contributed by atoms with Crippen molar-refractivity contribution >= 4 is 7.98 Å². The highest BCUT2D eigenvalue weighted by Gasteiger charge is 2.28. The van der Waals surface area contributed by atoms with Crippen molar-refractivity contribution in [2.75, 3.05) is 13.1 Å². The van der Waals surface area contributed by atoms with Crippen LogP contribution in [-0.4, -0.2) is 25.9 Å². The van der Waals surface area contributed by atoms with Crippen LogP contribution < -0.4 is 0 Å². The van der Waals surface area contributed by atoms with Crippen LogP contribution in [0.2, 0.25) is 0 Å². The van der Waals surface area contributed by atoms with Gasteiger partial charge in [0.05, 0.1) is 0 Å². The molecule has 2 unspecified atom stereocenters. The third-order valence-corrected chi connectivity index (χ3v) is 2.78. The second kappa shape index (κ2) is 3.44. The van der Waals surface area contributed by atoms with Crippen LogP contribution in [0, 0.1) is 11.8 Å². The second-order valence-corrected chi connectivity index (χ2v) is 3.84. The summed E-state index contributed by atoms with van der Waals surface area (Å²) < 4.78 is 0. The Kier molecular flexibility index (Phi) is 2.77. The van der Waals surface area contributed by atoms with Gasteiger partial charge in [0.15, 0.2) is 7.98 Å². The summed E-state index contributed by atoms with van der Waals surface area (Å²) >= 11 is 0. The van der Waals surface area contributed by atoms with E-state index < -0.39 is 0 Å². The Morgan fingerprint density at radius 1 is 1.64 bits per heavy atom. The molecule has 0 radical (unpaired) electrons. The molecule has 2 heteroatoms. The quantitative estimate of drug-likeness (QED) is 0.421. The number of hydrogen-bond acceptors (Lipinski definition) is 1. The largest absolute Gasteiger partial charge is 0.348 e. The van der Waals surface area contributed by atoms with Gasteiger partial charge in [-0.2, -0.15) is 0 Å². The zero-order valence-corrected chi connectivity index (χ0v) is 7.93. The Morgan fingerprint density at radius 2 is 2.27 bits per heavy atom. The van der Waals surface area contributed by atoms with Crippen molar-refractivity contribution in [3.63, 3.8) is 0 Å². The van der Waals surface area contributed by atoms with E-state index in [-0.39, 0.29) is 0 Å². The van der Waals surface area contributed by atoms with Crippen LogP contribution in [-0.2, 0) is 0 Å². The molecule has 0 N–H and O–H groups in total. The number of nitrogens with zero attached hydrogens (tertiary/aromatic N) is 1. The smallest absolute Gasteiger partial charge is 0.185 e. The van der Waals surface area contributed by atoms with Crippen molar-refractivity contribution in [2.24, 2.45) is 11.8 Å². The molecular weight excluding hydrogens is 133 g/mol. The Morgan fingerprint density at radius 3 is 2.64 bits per heavy atom. The minimum atomic E-state index is 0.755. The fraction of sp³-hybridized carbons (Fsp3) is 0.778. The van der Waals surface area contributed by atoms with E-state index in [4.69, 9.17) is 0 Å². The van der Waals surface area contributed by atoms with Gasteiger partial charge in [-0.3, -0.25) is 0 Å². The summed E-state index contributed by atoms with van der Waals surface area (Å²) in [5.74, 6) is 1.61. The first kappa shape index (κ1) is 8.86. The molecule has 0 spiro atoms. The van der Waals surface area contributed by atoms with Gasteiger partial charge in [0.25, 0.3) is 0 Å². The van der Waals surface area contributed by atoms with E-state index in [9.17, 15) is 0 Å². The third kappa shape index (κ3) is 1.87. The topological polar surface area (TPSA) is 3.24 Å². The number of hydrogen-bond donors (Lipinski definition) is 0. The van der Waals surface area contributed by atoms with Crippen molar-refractivity contribution in [1.29, 1.82) is 0 Å². The normalized spacial score (nSPS) is 32.5. The van der Waals surface area contributed by atoms with E-state index in [1.807, 2.05) is 0 Å². The molecule has 0 aromatic heterocycles. The van der Waals surface area contributed by atoms with Crippen LogP contribution in [0.5, 0.6) is 0 Å². The van der Waals surface area contributed by atoms with E-state index >= 15 is 0 Å². The minimum Gasteiger partial charge on any atom is -0.348 e. The highest BCUT2D eigenvalue weighted by Crippen LogP contribution is 2.29. The molecule has 0 bridgehead atoms. The summed E-state index contributed by atoms with van der Waals surface area (Å²) in [4.78, 5) is 2.41. The van der Waals surface area contributed by atoms with E-state index in [0.717, 1.165) is 11.8 Å². The standard InChI is InChI=1S/C9H18BN/c1-4-8-5-11(10)6-9(8)7(2)3/h8-9H,2,4-6,10H2,1,3H3. The van der Waals surface area contributed by atoms with Gasteiger partial charge in [0, 0.05) is 0 Å². The van der Waals surface area contributed by atoms with Crippen molar-refractivity contribution < 1.29 is 0 Å². The van der Waals surface area contributed by atoms with Gasteiger partial charge in [0.2, 0.25) is 0 Å². The predicted molar refractivity (Wildman–Crippen MR) is 52.2 cm³/mol. The molecule has 0 saturated carbocycles. The van der Waals surface area contributed by atoms with Crippen molar-refractivity contribution in [1.82, 2.24) is 4.81 Å². The van der Waals surface area contributed by atoms with Gasteiger partial charge in [-0.15, -0.1) is 0 Å². The molecule has 1 aliphatic rings. The molecule has 1 saturated heterocycles. The summed E-state index contributed by atoms with van der Waals surface area (Å²) in [7, 11) is 2.20. The zero-order valence-electron chi connectivity index (χ0n) is 7.93. The van der Waals surface area contributed by atoms with Crippen LogP contribution in [0.25, 0.3) is 0 Å². The zero-order chi connectivity index (χ0) is 8.43. The molecule has 1 fully saturated rings. The fourth-order valence-electron chi connectivity index (χ4n) is 2.06. The average Bonchev–Trinajstić information content (AvgIpc) is 2.30. The van der Waals surface area contributed by atoms with Crippen molar-refractivity contribution in [3.05, 3.63) is 12.2 Å². The molecule has 1 rings (SSSR count). The molecule has 11 heavy (non-hydrogen) atoms. The first-order valence-electron chi connectivity index (χ1n) is 4.49. The summed E-state index contributed by atoms with van der Waals surface area (Å²) in [6.45, 7) is 11.0. The summed E-state index contributed by atoms with van der Waals surface area (Å²) in [5, 5.41) is 0. The monoisotopic (exact) mass is 151 g/mol. The summed E-state index contributed by atoms with van der Waals surface area (Å²) in [5.41, 5.74) is 1.36. The number of rotatable bonds is 2. The Hall–Kier alpha value is -0.235. The Labute approximate surface area is 70.9 Å². The van der Waals surface area contributed by atoms with Gasteiger partial charge in [0.1, 0.15) is 0 Å². The molecule has 0 aromatic rings. The first-order chi connectivity index (χ1) is 5.15. The maximum Gasteiger partial charge on any atom is 0.185 e. The minimum absolute atomic E-state index is 0.755. The van der Waals surface area contributed by atoms with E-state index in [0.29, 0.717) is 0 Å². The van der Waals surface area contributed by atoms with Gasteiger partial charge in [-0.05, 0) is 31.8 Å². The van der Waals surface area contributed by atoms with Crippen molar-refractivity contribution in [2.45, 2.75) is 20.3 Å². The highest BCUT2D eigenvalue weighted by atomic mass is 15.1. The van der Waals surface area contributed by atoms with Crippen LogP contribution in [0.3, 0.4) is 0 Å². The Balaban J connectivity index is 2.57. The molecule has 0 amide bonds. The lowest BCUT2D eigenvalue weighted by molar-refractivity contribution is 0.456. The van der Waals surface area contributed by atoms with Gasteiger partial charge >= 0.3 is 0 Å². The Bertz CT molecular complexity index is 156. The predicted octanol–water partition coefficient (Wildman–Crippen LogP) is 1.07. The molecule has 0 aliphatic carbocycles. The first-order valence-corrected chi connectivity index (χ1v) is 4.49. The van der Waals surface area contributed by atoms with Gasteiger partial charge in [-0.1, -0.05) is 25.5 Å². The lowest BCUT2D eigenvalue weighted by Crippen LogP contribution is -2.16. The van der Waals surface area contributed by atoms with Gasteiger partial charge in [-0.25, -0.2) is 0 Å². The molecule has 62 valence electrons. The third-order valence-electron chi connectivity index (χ3n) is 2.78. The van der Waals surface area contributed by atoms with Crippen LogP contribution in [0.15, 0.2) is 12.2 Å². The average molecular weight is 151 g/mol. The second-order valence-electron chi connectivity index (χ2n) is 3.84. The highest BCUT2D eigenvalue weighted by molar-refractivity contribution is 6.04. The van der Waals surface area contributed by atoms with E-state index in [2.05, 4.69) is 33.2 Å². The van der Waals surface area contributed by atoms with E-state index in [1.54, 1.807) is 0 Å². The molecular formula is C9H18BN. The lowest BCUT2D eigenvalue weighted by atomic mass is 9.89.